The number of aromatic nitrogens is 2. The number of hydrogen-bond donors (Lipinski definition) is 1. The van der Waals surface area contributed by atoms with Crippen LogP contribution in [0.25, 0.3) is 0 Å². The first kappa shape index (κ1) is 24.0. The van der Waals surface area contributed by atoms with E-state index in [0.717, 1.165) is 11.1 Å². The summed E-state index contributed by atoms with van der Waals surface area (Å²) in [5.74, 6) is -0.888. The number of carbonyl (C=O) groups is 3. The first-order valence-corrected chi connectivity index (χ1v) is 11.4. The monoisotopic (exact) mass is 476 g/mol. The predicted octanol–water partition coefficient (Wildman–Crippen LogP) is 2.80. The fourth-order valence-electron chi connectivity index (χ4n) is 4.25. The van der Waals surface area contributed by atoms with Gasteiger partial charge in [-0.3, -0.25) is 9.59 Å². The molecule has 2 aromatic carbocycles. The van der Waals surface area contributed by atoms with Crippen molar-refractivity contribution in [3.63, 3.8) is 0 Å². The number of esters is 1. The third kappa shape index (κ3) is 4.62. The number of imidazole rings is 1. The smallest absolute Gasteiger partial charge is 0.359 e. The van der Waals surface area contributed by atoms with Gasteiger partial charge in [-0.2, -0.15) is 0 Å². The number of benzene rings is 2. The highest BCUT2D eigenvalue weighted by Crippen LogP contribution is 2.32. The predicted molar refractivity (Wildman–Crippen MR) is 128 cm³/mol. The number of rotatable bonds is 8. The lowest BCUT2D eigenvalue weighted by molar-refractivity contribution is -0.133. The molecule has 1 aromatic heterocycles. The normalized spacial score (nSPS) is 17.0. The minimum absolute atomic E-state index is 0.0765. The fraction of sp³-hybridized carbons (Fsp3) is 0.308. The van der Waals surface area contributed by atoms with E-state index < -0.39 is 17.4 Å². The maximum Gasteiger partial charge on any atom is 0.359 e. The van der Waals surface area contributed by atoms with Gasteiger partial charge >= 0.3 is 5.97 Å². The Hall–Kier alpha value is -4.14. The van der Waals surface area contributed by atoms with Crippen LogP contribution < -0.4 is 10.1 Å². The van der Waals surface area contributed by atoms with Gasteiger partial charge in [0.15, 0.2) is 5.69 Å². The lowest BCUT2D eigenvalue weighted by Gasteiger charge is -2.44. The van der Waals surface area contributed by atoms with E-state index in [-0.39, 0.29) is 30.4 Å². The van der Waals surface area contributed by atoms with Gasteiger partial charge in [0.1, 0.15) is 17.0 Å². The van der Waals surface area contributed by atoms with Gasteiger partial charge in [0, 0.05) is 12.1 Å². The topological polar surface area (TPSA) is 103 Å². The summed E-state index contributed by atoms with van der Waals surface area (Å²) in [6.07, 6.45) is 1.40. The van der Waals surface area contributed by atoms with Crippen LogP contribution >= 0.6 is 0 Å². The molecule has 0 bridgehead atoms. The Balaban J connectivity index is 1.72. The molecule has 0 unspecified atom stereocenters. The molecule has 3 aromatic rings. The van der Waals surface area contributed by atoms with Gasteiger partial charge in [-0.15, -0.1) is 0 Å². The van der Waals surface area contributed by atoms with E-state index in [4.69, 9.17) is 9.47 Å². The molecule has 9 heteroatoms. The van der Waals surface area contributed by atoms with E-state index in [1.807, 2.05) is 61.5 Å². The second-order valence-corrected chi connectivity index (χ2v) is 8.44. The number of ether oxygens (including phenoxy) is 2. The van der Waals surface area contributed by atoms with Gasteiger partial charge in [0.05, 0.1) is 33.1 Å². The third-order valence-corrected chi connectivity index (χ3v) is 6.12. The van der Waals surface area contributed by atoms with E-state index >= 15 is 0 Å². The SMILES string of the molecule is CCOc1ccccc1CN1C(=O)c2c(C(=O)OC)ncn2C[C@@]1(C)C(=O)NCc1ccccc1. The summed E-state index contributed by atoms with van der Waals surface area (Å²) < 4.78 is 12.1. The minimum Gasteiger partial charge on any atom is -0.494 e. The van der Waals surface area contributed by atoms with Gasteiger partial charge < -0.3 is 24.3 Å². The van der Waals surface area contributed by atoms with Crippen molar-refractivity contribution in [2.75, 3.05) is 13.7 Å². The number of hydrogen-bond acceptors (Lipinski definition) is 6. The molecule has 35 heavy (non-hydrogen) atoms. The van der Waals surface area contributed by atoms with E-state index in [2.05, 4.69) is 10.3 Å². The van der Waals surface area contributed by atoms with Gasteiger partial charge in [0.2, 0.25) is 5.91 Å². The molecule has 1 aliphatic heterocycles. The molecule has 0 spiro atoms. The molecule has 2 heterocycles. The number of methoxy groups -OCH3 is 1. The lowest BCUT2D eigenvalue weighted by atomic mass is 9.93. The molecule has 4 rings (SSSR count). The average molecular weight is 477 g/mol. The second kappa shape index (κ2) is 10.0. The Labute approximate surface area is 203 Å². The number of carbonyl (C=O) groups excluding carboxylic acids is 3. The number of amides is 2. The molecule has 1 atom stereocenters. The highest BCUT2D eigenvalue weighted by molar-refractivity contribution is 6.06. The van der Waals surface area contributed by atoms with Crippen LogP contribution in [-0.4, -0.2) is 51.5 Å². The zero-order chi connectivity index (χ0) is 25.0. The van der Waals surface area contributed by atoms with Crippen molar-refractivity contribution >= 4 is 17.8 Å². The summed E-state index contributed by atoms with van der Waals surface area (Å²) in [7, 11) is 1.23. The summed E-state index contributed by atoms with van der Waals surface area (Å²) in [5, 5.41) is 2.97. The zero-order valence-electron chi connectivity index (χ0n) is 20.0. The van der Waals surface area contributed by atoms with Crippen LogP contribution in [0, 0.1) is 0 Å². The Morgan fingerprint density at radius 1 is 1.11 bits per heavy atom. The second-order valence-electron chi connectivity index (χ2n) is 8.44. The molecule has 1 aliphatic rings. The van der Waals surface area contributed by atoms with Crippen LogP contribution in [0.4, 0.5) is 0 Å². The summed E-state index contributed by atoms with van der Waals surface area (Å²) in [5.41, 5.74) is 0.451. The lowest BCUT2D eigenvalue weighted by Crippen LogP contribution is -2.63. The van der Waals surface area contributed by atoms with Crippen molar-refractivity contribution in [2.24, 2.45) is 0 Å². The van der Waals surface area contributed by atoms with Crippen LogP contribution in [0.2, 0.25) is 0 Å². The van der Waals surface area contributed by atoms with E-state index in [0.29, 0.717) is 18.9 Å². The largest absolute Gasteiger partial charge is 0.494 e. The maximum absolute atomic E-state index is 13.8. The molecule has 182 valence electrons. The molecule has 0 fully saturated rings. The van der Waals surface area contributed by atoms with Crippen molar-refractivity contribution in [3.8, 4) is 5.75 Å². The van der Waals surface area contributed by atoms with E-state index in [1.165, 1.54) is 18.3 Å². The van der Waals surface area contributed by atoms with Gasteiger partial charge in [-0.1, -0.05) is 48.5 Å². The summed E-state index contributed by atoms with van der Waals surface area (Å²) in [6, 6.07) is 16.9. The van der Waals surface area contributed by atoms with E-state index in [9.17, 15) is 14.4 Å². The van der Waals surface area contributed by atoms with Crippen molar-refractivity contribution in [1.82, 2.24) is 19.8 Å². The molecule has 9 nitrogen and oxygen atoms in total. The highest BCUT2D eigenvalue weighted by atomic mass is 16.5. The molecule has 1 N–H and O–H groups in total. The maximum atomic E-state index is 13.8. The number of nitrogens with one attached hydrogen (secondary N) is 1. The molecule has 0 saturated carbocycles. The molecule has 0 aliphatic carbocycles. The Morgan fingerprint density at radius 3 is 2.54 bits per heavy atom. The summed E-state index contributed by atoms with van der Waals surface area (Å²) in [6.45, 7) is 4.60. The molecule has 0 radical (unpaired) electrons. The molecular weight excluding hydrogens is 448 g/mol. The van der Waals surface area contributed by atoms with Crippen LogP contribution in [-0.2, 0) is 29.2 Å². The minimum atomic E-state index is -1.26. The first-order valence-electron chi connectivity index (χ1n) is 11.4. The first-order chi connectivity index (χ1) is 16.9. The van der Waals surface area contributed by atoms with Crippen molar-refractivity contribution < 1.29 is 23.9 Å². The van der Waals surface area contributed by atoms with Crippen molar-refractivity contribution in [2.45, 2.75) is 39.0 Å². The van der Waals surface area contributed by atoms with Gasteiger partial charge in [-0.25, -0.2) is 9.78 Å². The highest BCUT2D eigenvalue weighted by Gasteiger charge is 2.49. The zero-order valence-corrected chi connectivity index (χ0v) is 20.0. The van der Waals surface area contributed by atoms with Gasteiger partial charge in [0.25, 0.3) is 5.91 Å². The molecular formula is C26H28N4O5. The number of fused-ring (bicyclic) bond motifs is 1. The van der Waals surface area contributed by atoms with Crippen molar-refractivity contribution in [1.29, 1.82) is 0 Å². The summed E-state index contributed by atoms with van der Waals surface area (Å²) >= 11 is 0. The quantitative estimate of drug-likeness (QED) is 0.502. The van der Waals surface area contributed by atoms with Crippen LogP contribution in [0.5, 0.6) is 5.75 Å². The van der Waals surface area contributed by atoms with Crippen LogP contribution in [0.15, 0.2) is 60.9 Å². The Morgan fingerprint density at radius 2 is 1.83 bits per heavy atom. The Bertz CT molecular complexity index is 1240. The Kier molecular flexibility index (Phi) is 6.86. The van der Waals surface area contributed by atoms with Gasteiger partial charge in [-0.05, 0) is 25.5 Å². The van der Waals surface area contributed by atoms with E-state index in [1.54, 1.807) is 11.5 Å². The molecule has 2 amide bonds. The average Bonchev–Trinajstić information content (AvgIpc) is 3.30. The number of nitrogens with zero attached hydrogens (tertiary/aromatic N) is 3. The number of para-hydroxylation sites is 1. The summed E-state index contributed by atoms with van der Waals surface area (Å²) in [4.78, 5) is 45.3. The standard InChI is InChI=1S/C26H28N4O5/c1-4-35-20-13-9-8-12-19(20)15-30-23(31)22-21(24(32)34-3)28-17-29(22)16-26(30,2)25(33)27-14-18-10-6-5-7-11-18/h5-13,17H,4,14-16H2,1-3H3,(H,27,33)/t26-/m0/s1. The van der Waals surface area contributed by atoms with Crippen LogP contribution in [0.3, 0.4) is 0 Å². The van der Waals surface area contributed by atoms with Crippen LogP contribution in [0.1, 0.15) is 46.0 Å². The molecule has 0 saturated heterocycles. The fourth-order valence-corrected chi connectivity index (χ4v) is 4.25. The third-order valence-electron chi connectivity index (χ3n) is 6.12. The van der Waals surface area contributed by atoms with Crippen molar-refractivity contribution in [3.05, 3.63) is 83.4 Å².